The monoisotopic (exact) mass is 559 g/mol. The zero-order valence-corrected chi connectivity index (χ0v) is 20.3. The van der Waals surface area contributed by atoms with Crippen molar-refractivity contribution in [2.75, 3.05) is 0 Å². The number of halogens is 3. The molecule has 156 valence electrons. The van der Waals surface area contributed by atoms with Gasteiger partial charge in [0.2, 0.25) is 0 Å². The summed E-state index contributed by atoms with van der Waals surface area (Å²) in [5, 5.41) is 5.58. The van der Waals surface area contributed by atoms with E-state index in [2.05, 4.69) is 41.9 Å². The van der Waals surface area contributed by atoms with Gasteiger partial charge in [0, 0.05) is 19.5 Å². The van der Waals surface area contributed by atoms with E-state index in [0.717, 1.165) is 20.1 Å². The van der Waals surface area contributed by atoms with Gasteiger partial charge in [-0.2, -0.15) is 9.78 Å². The second-order valence-electron chi connectivity index (χ2n) is 6.78. The Hall–Kier alpha value is -2.48. The fourth-order valence-electron chi connectivity index (χ4n) is 3.01. The maximum atomic E-state index is 12.9. The second-order valence-corrected chi connectivity index (χ2v) is 9.05. The first kappa shape index (κ1) is 21.7. The van der Waals surface area contributed by atoms with E-state index < -0.39 is 0 Å². The van der Waals surface area contributed by atoms with Crippen molar-refractivity contribution in [1.29, 1.82) is 0 Å². The van der Waals surface area contributed by atoms with E-state index in [4.69, 9.17) is 16.3 Å². The lowest BCUT2D eigenvalue weighted by Gasteiger charge is -2.10. The second kappa shape index (κ2) is 9.34. The van der Waals surface area contributed by atoms with Gasteiger partial charge in [0.15, 0.2) is 0 Å². The molecule has 0 aliphatic rings. The van der Waals surface area contributed by atoms with Crippen molar-refractivity contribution in [1.82, 2.24) is 9.66 Å². The van der Waals surface area contributed by atoms with Crippen LogP contribution in [0.2, 0.25) is 5.02 Å². The molecule has 0 fully saturated rings. The molecule has 4 rings (SSSR count). The number of fused-ring (bicyclic) bond motifs is 1. The average Bonchev–Trinajstić information content (AvgIpc) is 2.75. The summed E-state index contributed by atoms with van der Waals surface area (Å²) in [6.45, 7) is 2.13. The maximum absolute atomic E-state index is 12.9. The van der Waals surface area contributed by atoms with Gasteiger partial charge in [-0.05, 0) is 61.0 Å². The quantitative estimate of drug-likeness (QED) is 0.267. The van der Waals surface area contributed by atoms with Crippen LogP contribution >= 0.6 is 43.5 Å². The molecule has 1 aromatic heterocycles. The molecule has 0 saturated carbocycles. The van der Waals surface area contributed by atoms with Crippen LogP contribution in [0.1, 0.15) is 17.0 Å². The van der Waals surface area contributed by atoms with Gasteiger partial charge in [-0.1, -0.05) is 55.6 Å². The number of rotatable bonds is 5. The molecule has 0 atom stereocenters. The summed E-state index contributed by atoms with van der Waals surface area (Å²) in [6, 6.07) is 18.5. The standard InChI is InChI=1S/C23H16Br2ClN3O2/c1-14-28-21-8-4-18(25)11-20(21)23(30)29(14)27-12-16-10-17(24)5-9-22(16)31-13-15-2-6-19(26)7-3-15/h2-12H,13H2,1H3. The molecule has 0 spiro atoms. The molecule has 5 nitrogen and oxygen atoms in total. The third-order valence-corrected chi connectivity index (χ3v) is 5.80. The third-order valence-electron chi connectivity index (χ3n) is 4.56. The highest BCUT2D eigenvalue weighted by atomic mass is 79.9. The molecule has 0 amide bonds. The zero-order valence-electron chi connectivity index (χ0n) is 16.3. The molecule has 0 unspecified atom stereocenters. The molecule has 0 aliphatic heterocycles. The van der Waals surface area contributed by atoms with Gasteiger partial charge in [-0.3, -0.25) is 4.79 Å². The molecule has 3 aromatic carbocycles. The summed E-state index contributed by atoms with van der Waals surface area (Å²) in [6.07, 6.45) is 1.60. The smallest absolute Gasteiger partial charge is 0.282 e. The molecular formula is C23H16Br2ClN3O2. The molecule has 0 radical (unpaired) electrons. The molecule has 0 saturated heterocycles. The van der Waals surface area contributed by atoms with Crippen LogP contribution in [-0.2, 0) is 6.61 Å². The van der Waals surface area contributed by atoms with E-state index >= 15 is 0 Å². The molecule has 0 aliphatic carbocycles. The van der Waals surface area contributed by atoms with E-state index in [0.29, 0.717) is 34.1 Å². The fraction of sp³-hybridized carbons (Fsp3) is 0.0870. The van der Waals surface area contributed by atoms with Crippen LogP contribution in [0.4, 0.5) is 0 Å². The van der Waals surface area contributed by atoms with Gasteiger partial charge in [-0.25, -0.2) is 4.98 Å². The zero-order chi connectivity index (χ0) is 22.0. The lowest BCUT2D eigenvalue weighted by Crippen LogP contribution is -2.20. The first-order valence-corrected chi connectivity index (χ1v) is 11.3. The van der Waals surface area contributed by atoms with E-state index in [1.807, 2.05) is 48.5 Å². The third kappa shape index (κ3) is 5.06. The van der Waals surface area contributed by atoms with Crippen molar-refractivity contribution >= 4 is 60.6 Å². The van der Waals surface area contributed by atoms with Crippen molar-refractivity contribution < 1.29 is 4.74 Å². The molecule has 0 bridgehead atoms. The molecule has 8 heteroatoms. The Balaban J connectivity index is 1.67. The van der Waals surface area contributed by atoms with Crippen LogP contribution in [0, 0.1) is 6.92 Å². The van der Waals surface area contributed by atoms with Gasteiger partial charge in [0.05, 0.1) is 17.1 Å². The number of nitrogens with zero attached hydrogens (tertiary/aromatic N) is 3. The number of benzene rings is 3. The summed E-state index contributed by atoms with van der Waals surface area (Å²) < 4.78 is 8.96. The number of aryl methyl sites for hydroxylation is 1. The maximum Gasteiger partial charge on any atom is 0.282 e. The Morgan fingerprint density at radius 2 is 1.77 bits per heavy atom. The number of hydrogen-bond acceptors (Lipinski definition) is 4. The SMILES string of the molecule is Cc1nc2ccc(Br)cc2c(=O)n1N=Cc1cc(Br)ccc1OCc1ccc(Cl)cc1. The van der Waals surface area contributed by atoms with Gasteiger partial charge >= 0.3 is 0 Å². The van der Waals surface area contributed by atoms with E-state index in [-0.39, 0.29) is 5.56 Å². The van der Waals surface area contributed by atoms with Crippen molar-refractivity contribution in [3.8, 4) is 5.75 Å². The first-order chi connectivity index (χ1) is 14.9. The molecule has 0 N–H and O–H groups in total. The van der Waals surface area contributed by atoms with Crippen molar-refractivity contribution in [2.45, 2.75) is 13.5 Å². The number of hydrogen-bond donors (Lipinski definition) is 0. The summed E-state index contributed by atoms with van der Waals surface area (Å²) in [4.78, 5) is 17.4. The van der Waals surface area contributed by atoms with Crippen molar-refractivity contribution in [3.05, 3.63) is 102 Å². The topological polar surface area (TPSA) is 56.5 Å². The fourth-order valence-corrected chi connectivity index (χ4v) is 3.87. The Kier molecular flexibility index (Phi) is 6.55. The highest BCUT2D eigenvalue weighted by molar-refractivity contribution is 9.10. The Morgan fingerprint density at radius 1 is 1.06 bits per heavy atom. The van der Waals surface area contributed by atoms with Crippen LogP contribution in [0.5, 0.6) is 5.75 Å². The van der Waals surface area contributed by atoms with E-state index in [1.165, 1.54) is 4.68 Å². The lowest BCUT2D eigenvalue weighted by molar-refractivity contribution is 0.305. The van der Waals surface area contributed by atoms with E-state index in [9.17, 15) is 4.79 Å². The minimum absolute atomic E-state index is 0.237. The summed E-state index contributed by atoms with van der Waals surface area (Å²) in [5.41, 5.74) is 2.11. The van der Waals surface area contributed by atoms with Crippen LogP contribution in [0.3, 0.4) is 0 Å². The summed E-state index contributed by atoms with van der Waals surface area (Å²) in [7, 11) is 0. The highest BCUT2D eigenvalue weighted by Gasteiger charge is 2.09. The predicted octanol–water partition coefficient (Wildman–Crippen LogP) is 6.34. The Labute approximate surface area is 200 Å². The normalized spacial score (nSPS) is 11.4. The molecule has 4 aromatic rings. The largest absolute Gasteiger partial charge is 0.488 e. The highest BCUT2D eigenvalue weighted by Crippen LogP contribution is 2.23. The molecule has 31 heavy (non-hydrogen) atoms. The Bertz CT molecular complexity index is 1350. The summed E-state index contributed by atoms with van der Waals surface area (Å²) >= 11 is 12.8. The minimum Gasteiger partial charge on any atom is -0.488 e. The number of aromatic nitrogens is 2. The number of ether oxygens (including phenoxy) is 1. The first-order valence-electron chi connectivity index (χ1n) is 9.31. The Morgan fingerprint density at radius 3 is 2.55 bits per heavy atom. The van der Waals surface area contributed by atoms with Crippen molar-refractivity contribution in [2.24, 2.45) is 5.10 Å². The summed E-state index contributed by atoms with van der Waals surface area (Å²) in [5.74, 6) is 1.14. The average molecular weight is 562 g/mol. The molecule has 1 heterocycles. The van der Waals surface area contributed by atoms with Crippen LogP contribution in [-0.4, -0.2) is 15.9 Å². The van der Waals surface area contributed by atoms with Gasteiger partial charge in [0.25, 0.3) is 5.56 Å². The van der Waals surface area contributed by atoms with E-state index in [1.54, 1.807) is 25.3 Å². The van der Waals surface area contributed by atoms with Crippen LogP contribution in [0.15, 0.2) is 79.5 Å². The minimum atomic E-state index is -0.237. The predicted molar refractivity (Wildman–Crippen MR) is 131 cm³/mol. The van der Waals surface area contributed by atoms with Gasteiger partial charge < -0.3 is 4.74 Å². The van der Waals surface area contributed by atoms with Crippen LogP contribution < -0.4 is 10.3 Å². The lowest BCUT2D eigenvalue weighted by atomic mass is 10.2. The van der Waals surface area contributed by atoms with Crippen LogP contribution in [0.25, 0.3) is 10.9 Å². The van der Waals surface area contributed by atoms with Gasteiger partial charge in [-0.15, -0.1) is 0 Å². The van der Waals surface area contributed by atoms with Gasteiger partial charge in [0.1, 0.15) is 18.2 Å². The molecular weight excluding hydrogens is 546 g/mol. The van der Waals surface area contributed by atoms with Crippen molar-refractivity contribution in [3.63, 3.8) is 0 Å².